The Bertz CT molecular complexity index is 1320. The number of carbonyl (C=O) groups excluding carboxylic acids is 1. The molecule has 3 aromatic heterocycles. The highest BCUT2D eigenvalue weighted by Crippen LogP contribution is 2.36. The molecule has 0 spiro atoms. The molecule has 8 nitrogen and oxygen atoms in total. The molecular weight excluding hydrogens is 469 g/mol. The summed E-state index contributed by atoms with van der Waals surface area (Å²) >= 11 is 2.20. The van der Waals surface area contributed by atoms with E-state index in [1.54, 1.807) is 6.92 Å². The molecule has 0 unspecified atom stereocenters. The molecular formula is C19H15F3N4O4S2. The van der Waals surface area contributed by atoms with Crippen molar-refractivity contribution in [3.63, 3.8) is 0 Å². The number of anilines is 1. The molecule has 1 amide bonds. The molecule has 0 bridgehead atoms. The maximum atomic E-state index is 12.9. The number of aryl methyl sites for hydroxylation is 1. The monoisotopic (exact) mass is 484 g/mol. The van der Waals surface area contributed by atoms with Crippen LogP contribution in [0.4, 0.5) is 18.3 Å². The first kappa shape index (κ1) is 22.2. The topological polar surface area (TPSA) is 95.5 Å². The number of fused-ring (bicyclic) bond motifs is 2. The lowest BCUT2D eigenvalue weighted by atomic mass is 10.2. The van der Waals surface area contributed by atoms with Gasteiger partial charge in [-0.2, -0.15) is 4.98 Å². The number of rotatable bonds is 6. The molecule has 3 heterocycles. The maximum Gasteiger partial charge on any atom is 0.573 e. The van der Waals surface area contributed by atoms with Crippen LogP contribution in [0.15, 0.2) is 18.2 Å². The summed E-state index contributed by atoms with van der Waals surface area (Å²) < 4.78 is 52.1. The molecule has 0 aliphatic rings. The van der Waals surface area contributed by atoms with Crippen molar-refractivity contribution < 1.29 is 32.2 Å². The van der Waals surface area contributed by atoms with Crippen molar-refractivity contribution in [1.82, 2.24) is 15.0 Å². The van der Waals surface area contributed by atoms with E-state index in [0.29, 0.717) is 42.6 Å². The minimum absolute atomic E-state index is 0.191. The van der Waals surface area contributed by atoms with Crippen molar-refractivity contribution in [2.45, 2.75) is 19.9 Å². The van der Waals surface area contributed by atoms with Crippen LogP contribution in [0.2, 0.25) is 0 Å². The largest absolute Gasteiger partial charge is 0.573 e. The van der Waals surface area contributed by atoms with Gasteiger partial charge in [0.15, 0.2) is 11.0 Å². The Balaban J connectivity index is 1.63. The number of benzene rings is 1. The first-order valence-corrected chi connectivity index (χ1v) is 10.6. The molecule has 13 heteroatoms. The third kappa shape index (κ3) is 4.45. The SMILES string of the molecule is COCc1nc(OC)c2c(C)c(C(=O)Nc3nc4ccc(OC(F)(F)F)cc4s3)sc2n1. The molecule has 168 valence electrons. The highest BCUT2D eigenvalue weighted by molar-refractivity contribution is 7.23. The Labute approximate surface area is 187 Å². The second-order valence-electron chi connectivity index (χ2n) is 6.47. The normalized spacial score (nSPS) is 11.8. The van der Waals surface area contributed by atoms with Gasteiger partial charge in [-0.05, 0) is 24.6 Å². The van der Waals surface area contributed by atoms with Crippen LogP contribution in [0.3, 0.4) is 0 Å². The molecule has 0 aliphatic carbocycles. The number of ether oxygens (including phenoxy) is 3. The fraction of sp³-hybridized carbons (Fsp3) is 0.263. The molecule has 0 aliphatic heterocycles. The van der Waals surface area contributed by atoms with Gasteiger partial charge in [0, 0.05) is 13.2 Å². The second-order valence-corrected chi connectivity index (χ2v) is 8.50. The van der Waals surface area contributed by atoms with Gasteiger partial charge in [0.2, 0.25) is 5.88 Å². The summed E-state index contributed by atoms with van der Waals surface area (Å²) in [5.41, 5.74) is 1.08. The standard InChI is InChI=1S/C19H15F3N4O4S2/c1-8-13-16(29-3)24-12(7-28-2)25-17(13)32-14(8)15(27)26-18-23-10-5-4-9(6-11(10)31-18)30-19(20,21)22/h4-6H,7H2,1-3H3,(H,23,26,27). The lowest BCUT2D eigenvalue weighted by Crippen LogP contribution is -2.16. The van der Waals surface area contributed by atoms with Gasteiger partial charge in [0.1, 0.15) is 17.2 Å². The first-order valence-electron chi connectivity index (χ1n) is 8.99. The number of methoxy groups -OCH3 is 2. The quantitative estimate of drug-likeness (QED) is 0.415. The van der Waals surface area contributed by atoms with E-state index in [9.17, 15) is 18.0 Å². The number of nitrogens with one attached hydrogen (secondary N) is 1. The third-order valence-corrected chi connectivity index (χ3v) is 6.41. The Morgan fingerprint density at radius 2 is 1.94 bits per heavy atom. The molecule has 1 aromatic carbocycles. The molecule has 0 radical (unpaired) electrons. The predicted octanol–water partition coefficient (Wildman–Crippen LogP) is 4.92. The number of hydrogen-bond acceptors (Lipinski definition) is 9. The average Bonchev–Trinajstić information content (AvgIpc) is 3.26. The van der Waals surface area contributed by atoms with Gasteiger partial charge in [-0.25, -0.2) is 9.97 Å². The fourth-order valence-electron chi connectivity index (χ4n) is 3.01. The van der Waals surface area contributed by atoms with Gasteiger partial charge in [-0.3, -0.25) is 10.1 Å². The molecule has 32 heavy (non-hydrogen) atoms. The summed E-state index contributed by atoms with van der Waals surface area (Å²) in [6.45, 7) is 1.95. The zero-order valence-electron chi connectivity index (χ0n) is 16.9. The zero-order valence-corrected chi connectivity index (χ0v) is 18.5. The summed E-state index contributed by atoms with van der Waals surface area (Å²) in [5.74, 6) is -0.0174. The number of thiophene rings is 1. The summed E-state index contributed by atoms with van der Waals surface area (Å²) in [7, 11) is 3.00. The van der Waals surface area contributed by atoms with Gasteiger partial charge in [-0.15, -0.1) is 24.5 Å². The zero-order chi connectivity index (χ0) is 23.0. The molecule has 4 rings (SSSR count). The van der Waals surface area contributed by atoms with Gasteiger partial charge in [-0.1, -0.05) is 11.3 Å². The van der Waals surface area contributed by atoms with Crippen LogP contribution < -0.4 is 14.8 Å². The number of nitrogens with zero attached hydrogens (tertiary/aromatic N) is 3. The number of thiazole rings is 1. The van der Waals surface area contributed by atoms with Crippen molar-refractivity contribution >= 4 is 54.1 Å². The van der Waals surface area contributed by atoms with Crippen molar-refractivity contribution in [3.05, 3.63) is 34.5 Å². The number of amides is 1. The van der Waals surface area contributed by atoms with Crippen LogP contribution in [0.5, 0.6) is 11.6 Å². The second kappa shape index (κ2) is 8.48. The lowest BCUT2D eigenvalue weighted by Gasteiger charge is -2.07. The summed E-state index contributed by atoms with van der Waals surface area (Å²) in [4.78, 5) is 26.9. The molecule has 0 atom stereocenters. The Kier molecular flexibility index (Phi) is 5.88. The van der Waals surface area contributed by atoms with Crippen LogP contribution in [-0.4, -0.2) is 41.4 Å². The van der Waals surface area contributed by atoms with Crippen LogP contribution in [0, 0.1) is 6.92 Å². The van der Waals surface area contributed by atoms with E-state index in [-0.39, 0.29) is 17.5 Å². The van der Waals surface area contributed by atoms with E-state index in [2.05, 4.69) is 25.0 Å². The Hall–Kier alpha value is -3.03. The van der Waals surface area contributed by atoms with E-state index in [0.717, 1.165) is 11.3 Å². The van der Waals surface area contributed by atoms with E-state index >= 15 is 0 Å². The van der Waals surface area contributed by atoms with E-state index < -0.39 is 12.3 Å². The van der Waals surface area contributed by atoms with Crippen LogP contribution in [-0.2, 0) is 11.3 Å². The highest BCUT2D eigenvalue weighted by Gasteiger charge is 2.31. The minimum atomic E-state index is -4.79. The summed E-state index contributed by atoms with van der Waals surface area (Å²) in [6.07, 6.45) is -4.79. The van der Waals surface area contributed by atoms with Crippen molar-refractivity contribution in [1.29, 1.82) is 0 Å². The number of carbonyl (C=O) groups is 1. The van der Waals surface area contributed by atoms with Crippen molar-refractivity contribution in [2.75, 3.05) is 19.5 Å². The average molecular weight is 484 g/mol. The van der Waals surface area contributed by atoms with Gasteiger partial charge in [0.25, 0.3) is 5.91 Å². The van der Waals surface area contributed by atoms with E-state index in [4.69, 9.17) is 9.47 Å². The smallest absolute Gasteiger partial charge is 0.480 e. The first-order chi connectivity index (χ1) is 15.2. The van der Waals surface area contributed by atoms with Crippen LogP contribution in [0.25, 0.3) is 20.4 Å². The van der Waals surface area contributed by atoms with Crippen LogP contribution in [0.1, 0.15) is 21.1 Å². The van der Waals surface area contributed by atoms with E-state index in [1.165, 1.54) is 43.8 Å². The molecule has 0 fully saturated rings. The number of alkyl halides is 3. The Morgan fingerprint density at radius 3 is 2.62 bits per heavy atom. The maximum absolute atomic E-state index is 12.9. The molecule has 0 saturated heterocycles. The summed E-state index contributed by atoms with van der Waals surface area (Å²) in [5, 5.41) is 3.56. The molecule has 1 N–H and O–H groups in total. The summed E-state index contributed by atoms with van der Waals surface area (Å²) in [6, 6.07) is 3.78. The highest BCUT2D eigenvalue weighted by atomic mass is 32.1. The fourth-order valence-corrected chi connectivity index (χ4v) is 4.99. The Morgan fingerprint density at radius 1 is 1.16 bits per heavy atom. The van der Waals surface area contributed by atoms with Gasteiger partial charge >= 0.3 is 6.36 Å². The molecule has 4 aromatic rings. The predicted molar refractivity (Wildman–Crippen MR) is 114 cm³/mol. The lowest BCUT2D eigenvalue weighted by molar-refractivity contribution is -0.274. The number of hydrogen-bond donors (Lipinski definition) is 1. The van der Waals surface area contributed by atoms with Gasteiger partial charge < -0.3 is 14.2 Å². The number of halogens is 3. The van der Waals surface area contributed by atoms with Crippen LogP contribution >= 0.6 is 22.7 Å². The number of aromatic nitrogens is 3. The minimum Gasteiger partial charge on any atom is -0.480 e. The van der Waals surface area contributed by atoms with Crippen molar-refractivity contribution in [2.24, 2.45) is 0 Å². The third-order valence-electron chi connectivity index (χ3n) is 4.29. The molecule has 0 saturated carbocycles. The van der Waals surface area contributed by atoms with Gasteiger partial charge in [0.05, 0.1) is 27.6 Å². The van der Waals surface area contributed by atoms with E-state index in [1.807, 2.05) is 0 Å². The van der Waals surface area contributed by atoms with Crippen molar-refractivity contribution in [3.8, 4) is 11.6 Å².